The zero-order valence-corrected chi connectivity index (χ0v) is 11.5. The quantitative estimate of drug-likeness (QED) is 0.635. The summed E-state index contributed by atoms with van der Waals surface area (Å²) >= 11 is 0. The van der Waals surface area contributed by atoms with Crippen molar-refractivity contribution in [2.75, 3.05) is 12.1 Å². The topological polar surface area (TPSA) is 126 Å². The minimum Gasteiger partial charge on any atom is -0.454 e. The Morgan fingerprint density at radius 3 is 2.86 bits per heavy atom. The van der Waals surface area contributed by atoms with Gasteiger partial charge in [-0.1, -0.05) is 0 Å². The molecule has 0 amide bonds. The van der Waals surface area contributed by atoms with Crippen LogP contribution < -0.4 is 14.8 Å². The van der Waals surface area contributed by atoms with Crippen molar-refractivity contribution in [3.63, 3.8) is 0 Å². The van der Waals surface area contributed by atoms with Crippen LogP contribution in [-0.4, -0.2) is 33.2 Å². The molecule has 0 unspecified atom stereocenters. The van der Waals surface area contributed by atoms with Gasteiger partial charge in [0.1, 0.15) is 11.6 Å². The predicted molar refractivity (Wildman–Crippen MR) is 74.0 cm³/mol. The van der Waals surface area contributed by atoms with E-state index in [0.717, 1.165) is 0 Å². The van der Waals surface area contributed by atoms with Gasteiger partial charge in [0.25, 0.3) is 0 Å². The van der Waals surface area contributed by atoms with Crippen LogP contribution in [0.1, 0.15) is 23.1 Å². The number of hydrogen-bond donors (Lipinski definition) is 2. The molecule has 1 aromatic heterocycles. The summed E-state index contributed by atoms with van der Waals surface area (Å²) in [6.07, 6.45) is 1.40. The Bertz CT molecular complexity index is 791. The van der Waals surface area contributed by atoms with E-state index in [1.165, 1.54) is 13.1 Å². The van der Waals surface area contributed by atoms with E-state index in [9.17, 15) is 4.79 Å². The second kappa shape index (κ2) is 5.53. The van der Waals surface area contributed by atoms with Crippen molar-refractivity contribution >= 4 is 17.0 Å². The van der Waals surface area contributed by atoms with Gasteiger partial charge in [0.05, 0.1) is 5.69 Å². The number of aromatic amines is 1. The number of carbonyl (C=O) groups is 1. The molecule has 0 radical (unpaired) electrons. The smallest absolute Gasteiger partial charge is 0.231 e. The van der Waals surface area contributed by atoms with Crippen molar-refractivity contribution in [1.82, 2.24) is 20.6 Å². The van der Waals surface area contributed by atoms with Crippen LogP contribution in [0, 0.1) is 11.3 Å². The van der Waals surface area contributed by atoms with Gasteiger partial charge >= 0.3 is 0 Å². The SMILES string of the molecule is CC(=O)c1cc2c(cc1NC=C(C#N)c1nn[nH]n1)OCO2. The first-order valence-corrected chi connectivity index (χ1v) is 6.24. The van der Waals surface area contributed by atoms with E-state index in [1.54, 1.807) is 12.1 Å². The summed E-state index contributed by atoms with van der Waals surface area (Å²) < 4.78 is 10.5. The number of nitrogens with one attached hydrogen (secondary N) is 2. The number of Topliss-reactive ketones (excluding diaryl/α,β-unsaturated/α-hetero) is 1. The van der Waals surface area contributed by atoms with Gasteiger partial charge in [-0.15, -0.1) is 10.2 Å². The van der Waals surface area contributed by atoms with Gasteiger partial charge in [-0.05, 0) is 18.2 Å². The average molecular weight is 298 g/mol. The van der Waals surface area contributed by atoms with Crippen LogP contribution in [0.2, 0.25) is 0 Å². The molecule has 0 spiro atoms. The Morgan fingerprint density at radius 1 is 1.45 bits per heavy atom. The zero-order valence-electron chi connectivity index (χ0n) is 11.5. The normalized spacial score (nSPS) is 12.8. The number of benzene rings is 1. The Labute approximate surface area is 124 Å². The predicted octanol–water partition coefficient (Wildman–Crippen LogP) is 1.11. The fourth-order valence-electron chi connectivity index (χ4n) is 1.93. The van der Waals surface area contributed by atoms with Crippen molar-refractivity contribution < 1.29 is 14.3 Å². The van der Waals surface area contributed by atoms with Gasteiger partial charge in [-0.25, -0.2) is 0 Å². The van der Waals surface area contributed by atoms with Gasteiger partial charge in [0.2, 0.25) is 12.6 Å². The number of carbonyl (C=O) groups excluding carboxylic acids is 1. The van der Waals surface area contributed by atoms with Crippen LogP contribution in [0.15, 0.2) is 18.3 Å². The summed E-state index contributed by atoms with van der Waals surface area (Å²) in [6.45, 7) is 1.55. The molecule has 0 bridgehead atoms. The fourth-order valence-corrected chi connectivity index (χ4v) is 1.93. The van der Waals surface area contributed by atoms with E-state index in [2.05, 4.69) is 25.9 Å². The van der Waals surface area contributed by atoms with Gasteiger partial charge in [-0.3, -0.25) is 4.79 Å². The highest BCUT2D eigenvalue weighted by molar-refractivity contribution is 6.01. The number of ether oxygens (including phenoxy) is 2. The van der Waals surface area contributed by atoms with Crippen molar-refractivity contribution in [2.45, 2.75) is 6.92 Å². The third-order valence-electron chi connectivity index (χ3n) is 2.97. The molecule has 1 aliphatic rings. The summed E-state index contributed by atoms with van der Waals surface area (Å²) in [6, 6.07) is 5.19. The molecule has 9 heteroatoms. The highest BCUT2D eigenvalue weighted by Crippen LogP contribution is 2.37. The molecule has 2 N–H and O–H groups in total. The van der Waals surface area contributed by atoms with Crippen molar-refractivity contribution in [3.05, 3.63) is 29.7 Å². The number of H-pyrrole nitrogens is 1. The first-order valence-electron chi connectivity index (χ1n) is 6.24. The lowest BCUT2D eigenvalue weighted by molar-refractivity contribution is 0.101. The Hall–Kier alpha value is -3.41. The Kier molecular flexibility index (Phi) is 3.41. The first-order chi connectivity index (χ1) is 10.7. The molecule has 1 aliphatic heterocycles. The van der Waals surface area contributed by atoms with Gasteiger partial charge in [-0.2, -0.15) is 10.5 Å². The largest absolute Gasteiger partial charge is 0.454 e. The number of aromatic nitrogens is 4. The van der Waals surface area contributed by atoms with Gasteiger partial charge < -0.3 is 14.8 Å². The third kappa shape index (κ3) is 2.45. The summed E-state index contributed by atoms with van der Waals surface area (Å²) in [4.78, 5) is 11.7. The van der Waals surface area contributed by atoms with Crippen LogP contribution in [0.4, 0.5) is 5.69 Å². The number of allylic oxidation sites excluding steroid dienone is 1. The van der Waals surface area contributed by atoms with E-state index >= 15 is 0 Å². The van der Waals surface area contributed by atoms with E-state index in [-0.39, 0.29) is 24.0 Å². The number of nitriles is 1. The molecular weight excluding hydrogens is 288 g/mol. The number of anilines is 1. The molecule has 2 aromatic rings. The number of nitrogens with zero attached hydrogens (tertiary/aromatic N) is 4. The number of ketones is 1. The molecule has 22 heavy (non-hydrogen) atoms. The third-order valence-corrected chi connectivity index (χ3v) is 2.97. The second-order valence-corrected chi connectivity index (χ2v) is 4.36. The number of rotatable bonds is 4. The fraction of sp³-hybridized carbons (Fsp3) is 0.154. The van der Waals surface area contributed by atoms with Crippen LogP contribution >= 0.6 is 0 Å². The van der Waals surface area contributed by atoms with Crippen LogP contribution in [0.5, 0.6) is 11.5 Å². The molecule has 3 rings (SSSR count). The summed E-state index contributed by atoms with van der Waals surface area (Å²) in [7, 11) is 0. The Balaban J connectivity index is 1.95. The minimum atomic E-state index is -0.146. The highest BCUT2D eigenvalue weighted by Gasteiger charge is 2.19. The van der Waals surface area contributed by atoms with Crippen LogP contribution in [0.3, 0.4) is 0 Å². The molecular formula is C13H10N6O3. The molecule has 2 heterocycles. The molecule has 1 aromatic carbocycles. The monoisotopic (exact) mass is 298 g/mol. The minimum absolute atomic E-state index is 0.109. The zero-order chi connectivity index (χ0) is 15.5. The van der Waals surface area contributed by atoms with Crippen LogP contribution in [-0.2, 0) is 0 Å². The number of tetrazole rings is 1. The molecule has 0 fully saturated rings. The summed E-state index contributed by atoms with van der Waals surface area (Å²) in [5.41, 5.74) is 1.08. The van der Waals surface area contributed by atoms with E-state index in [0.29, 0.717) is 22.7 Å². The average Bonchev–Trinajstić information content (AvgIpc) is 3.17. The molecule has 0 saturated heterocycles. The van der Waals surface area contributed by atoms with Gasteiger partial charge in [0.15, 0.2) is 17.3 Å². The van der Waals surface area contributed by atoms with Gasteiger partial charge in [0, 0.05) is 17.8 Å². The number of hydrogen-bond acceptors (Lipinski definition) is 8. The van der Waals surface area contributed by atoms with Crippen molar-refractivity contribution in [1.29, 1.82) is 5.26 Å². The molecule has 110 valence electrons. The first kappa shape index (κ1) is 13.6. The Morgan fingerprint density at radius 2 is 2.23 bits per heavy atom. The van der Waals surface area contributed by atoms with E-state index in [1.807, 2.05) is 6.07 Å². The van der Waals surface area contributed by atoms with E-state index < -0.39 is 0 Å². The second-order valence-electron chi connectivity index (χ2n) is 4.36. The molecule has 0 saturated carbocycles. The lowest BCUT2D eigenvalue weighted by Crippen LogP contribution is -2.01. The van der Waals surface area contributed by atoms with Crippen molar-refractivity contribution in [2.24, 2.45) is 0 Å². The molecule has 0 atom stereocenters. The molecule has 0 aliphatic carbocycles. The summed E-state index contributed by atoms with van der Waals surface area (Å²) in [5, 5.41) is 25.1. The highest BCUT2D eigenvalue weighted by atomic mass is 16.7. The maximum atomic E-state index is 11.7. The lowest BCUT2D eigenvalue weighted by Gasteiger charge is -2.08. The lowest BCUT2D eigenvalue weighted by atomic mass is 10.1. The number of fused-ring (bicyclic) bond motifs is 1. The maximum absolute atomic E-state index is 11.7. The molecule has 9 nitrogen and oxygen atoms in total. The maximum Gasteiger partial charge on any atom is 0.231 e. The summed E-state index contributed by atoms with van der Waals surface area (Å²) in [5.74, 6) is 1.05. The van der Waals surface area contributed by atoms with Crippen LogP contribution in [0.25, 0.3) is 5.57 Å². The van der Waals surface area contributed by atoms with Crippen molar-refractivity contribution in [3.8, 4) is 17.6 Å². The standard InChI is InChI=1S/C13H10N6O3/c1-7(20)9-2-11-12(22-6-21-11)3-10(9)15-5-8(4-14)13-16-18-19-17-13/h2-3,5,15H,6H2,1H3,(H,16,17,18,19). The van der Waals surface area contributed by atoms with E-state index in [4.69, 9.17) is 14.7 Å².